The molecule has 0 amide bonds. The van der Waals surface area contributed by atoms with Gasteiger partial charge < -0.3 is 20.0 Å². The fourth-order valence-corrected chi connectivity index (χ4v) is 4.09. The molecule has 158 valence electrons. The van der Waals surface area contributed by atoms with Gasteiger partial charge in [0.2, 0.25) is 5.95 Å². The quantitative estimate of drug-likeness (QED) is 0.536. The Balaban J connectivity index is 1.26. The molecule has 2 heterocycles. The van der Waals surface area contributed by atoms with E-state index in [4.69, 9.17) is 14.4 Å². The van der Waals surface area contributed by atoms with Crippen molar-refractivity contribution in [2.75, 3.05) is 37.4 Å². The molecule has 1 fully saturated rings. The predicted molar refractivity (Wildman–Crippen MR) is 124 cm³/mol. The molecule has 0 radical (unpaired) electrons. The van der Waals surface area contributed by atoms with Gasteiger partial charge in [-0.1, -0.05) is 18.2 Å². The SMILES string of the molecule is CN(C)c1nc(N[C@H]2CC[C@@H](CNC/C=C/c3ccco3)CC2)nc2ccccc12. The van der Waals surface area contributed by atoms with E-state index in [1.54, 1.807) is 6.26 Å². The van der Waals surface area contributed by atoms with Gasteiger partial charge in [0, 0.05) is 32.1 Å². The molecule has 0 aliphatic heterocycles. The van der Waals surface area contributed by atoms with Crippen LogP contribution in [0.15, 0.2) is 53.2 Å². The van der Waals surface area contributed by atoms with E-state index in [0.717, 1.165) is 60.3 Å². The van der Waals surface area contributed by atoms with Gasteiger partial charge in [-0.3, -0.25) is 0 Å². The van der Waals surface area contributed by atoms with Gasteiger partial charge in [-0.05, 0) is 68.5 Å². The Bertz CT molecular complexity index is 959. The van der Waals surface area contributed by atoms with Crippen molar-refractivity contribution < 1.29 is 4.42 Å². The Labute approximate surface area is 178 Å². The number of aromatic nitrogens is 2. The van der Waals surface area contributed by atoms with Crippen LogP contribution in [0.5, 0.6) is 0 Å². The van der Waals surface area contributed by atoms with Crippen molar-refractivity contribution in [1.82, 2.24) is 15.3 Å². The van der Waals surface area contributed by atoms with Gasteiger partial charge in [-0.25, -0.2) is 4.98 Å². The monoisotopic (exact) mass is 405 g/mol. The van der Waals surface area contributed by atoms with Gasteiger partial charge >= 0.3 is 0 Å². The van der Waals surface area contributed by atoms with Crippen LogP contribution in [0, 0.1) is 5.92 Å². The summed E-state index contributed by atoms with van der Waals surface area (Å²) in [6.07, 6.45) is 10.6. The number of para-hydroxylation sites is 1. The Morgan fingerprint density at radius 1 is 1.07 bits per heavy atom. The maximum absolute atomic E-state index is 5.30. The average Bonchev–Trinajstić information content (AvgIpc) is 3.27. The first-order valence-corrected chi connectivity index (χ1v) is 10.8. The normalized spacial score (nSPS) is 19.4. The summed E-state index contributed by atoms with van der Waals surface area (Å²) in [4.78, 5) is 11.6. The molecule has 1 aliphatic carbocycles. The Kier molecular flexibility index (Phi) is 6.64. The highest BCUT2D eigenvalue weighted by Crippen LogP contribution is 2.28. The van der Waals surface area contributed by atoms with Crippen molar-refractivity contribution in [2.24, 2.45) is 5.92 Å². The summed E-state index contributed by atoms with van der Waals surface area (Å²) >= 11 is 0. The summed E-state index contributed by atoms with van der Waals surface area (Å²) in [6, 6.07) is 12.5. The molecule has 0 saturated heterocycles. The van der Waals surface area contributed by atoms with Crippen LogP contribution < -0.4 is 15.5 Å². The standard InChI is InChI=1S/C24H31N5O/c1-29(2)23-21-9-3-4-10-22(21)27-24(28-23)26-19-13-11-18(12-14-19)17-25-15-5-7-20-8-6-16-30-20/h3-10,16,18-19,25H,11-15,17H2,1-2H3,(H,26,27,28)/b7-5+/t18-,19+. The summed E-state index contributed by atoms with van der Waals surface area (Å²) < 4.78 is 5.30. The molecule has 4 rings (SSSR count). The molecule has 0 atom stereocenters. The van der Waals surface area contributed by atoms with Crippen LogP contribution in [0.1, 0.15) is 31.4 Å². The van der Waals surface area contributed by atoms with Crippen LogP contribution >= 0.6 is 0 Å². The van der Waals surface area contributed by atoms with Crippen LogP contribution in [0.2, 0.25) is 0 Å². The molecule has 1 aromatic carbocycles. The topological polar surface area (TPSA) is 66.2 Å². The zero-order valence-electron chi connectivity index (χ0n) is 17.8. The minimum Gasteiger partial charge on any atom is -0.465 e. The van der Waals surface area contributed by atoms with Crippen molar-refractivity contribution >= 4 is 28.7 Å². The summed E-state index contributed by atoms with van der Waals surface area (Å²) in [5.74, 6) is 3.33. The lowest BCUT2D eigenvalue weighted by molar-refractivity contribution is 0.327. The number of benzene rings is 1. The number of furan rings is 1. The summed E-state index contributed by atoms with van der Waals surface area (Å²) in [7, 11) is 4.06. The van der Waals surface area contributed by atoms with E-state index in [-0.39, 0.29) is 0 Å². The molecule has 0 spiro atoms. The maximum atomic E-state index is 5.30. The van der Waals surface area contributed by atoms with Crippen molar-refractivity contribution in [3.63, 3.8) is 0 Å². The van der Waals surface area contributed by atoms with Crippen LogP contribution in [0.4, 0.5) is 11.8 Å². The molecule has 2 N–H and O–H groups in total. The number of nitrogens with zero attached hydrogens (tertiary/aromatic N) is 3. The van der Waals surface area contributed by atoms with E-state index in [1.165, 1.54) is 12.8 Å². The Morgan fingerprint density at radius 3 is 2.67 bits per heavy atom. The van der Waals surface area contributed by atoms with Gasteiger partial charge in [0.25, 0.3) is 0 Å². The minimum atomic E-state index is 0.441. The lowest BCUT2D eigenvalue weighted by Crippen LogP contribution is -2.32. The third-order valence-corrected chi connectivity index (χ3v) is 5.71. The Hall–Kier alpha value is -2.86. The largest absolute Gasteiger partial charge is 0.465 e. The van der Waals surface area contributed by atoms with Crippen LogP contribution in [0.3, 0.4) is 0 Å². The first-order valence-electron chi connectivity index (χ1n) is 10.8. The summed E-state index contributed by atoms with van der Waals surface area (Å²) in [6.45, 7) is 1.93. The third kappa shape index (κ3) is 5.19. The van der Waals surface area contributed by atoms with Crippen LogP contribution in [0.25, 0.3) is 17.0 Å². The van der Waals surface area contributed by atoms with E-state index < -0.39 is 0 Å². The first-order chi connectivity index (χ1) is 14.7. The minimum absolute atomic E-state index is 0.441. The second-order valence-corrected chi connectivity index (χ2v) is 8.22. The maximum Gasteiger partial charge on any atom is 0.225 e. The zero-order valence-corrected chi connectivity index (χ0v) is 17.8. The molecule has 1 saturated carbocycles. The van der Waals surface area contributed by atoms with Gasteiger partial charge in [-0.15, -0.1) is 0 Å². The van der Waals surface area contributed by atoms with E-state index in [1.807, 2.05) is 44.4 Å². The highest BCUT2D eigenvalue weighted by atomic mass is 16.3. The smallest absolute Gasteiger partial charge is 0.225 e. The summed E-state index contributed by atoms with van der Waals surface area (Å²) in [5, 5.41) is 8.22. The molecule has 2 aromatic heterocycles. The van der Waals surface area contributed by atoms with E-state index in [0.29, 0.717) is 6.04 Å². The van der Waals surface area contributed by atoms with E-state index in [2.05, 4.69) is 33.7 Å². The number of anilines is 2. The number of hydrogen-bond donors (Lipinski definition) is 2. The van der Waals surface area contributed by atoms with Crippen LogP contribution in [-0.2, 0) is 0 Å². The number of rotatable bonds is 8. The summed E-state index contributed by atoms with van der Waals surface area (Å²) in [5.41, 5.74) is 0.985. The zero-order chi connectivity index (χ0) is 20.8. The van der Waals surface area contributed by atoms with Crippen molar-refractivity contribution in [2.45, 2.75) is 31.7 Å². The second-order valence-electron chi connectivity index (χ2n) is 8.22. The van der Waals surface area contributed by atoms with Crippen molar-refractivity contribution in [3.8, 4) is 0 Å². The van der Waals surface area contributed by atoms with Gasteiger partial charge in [0.15, 0.2) is 0 Å². The lowest BCUT2D eigenvalue weighted by Gasteiger charge is -2.29. The van der Waals surface area contributed by atoms with E-state index >= 15 is 0 Å². The van der Waals surface area contributed by atoms with Crippen molar-refractivity contribution in [3.05, 3.63) is 54.5 Å². The highest BCUT2D eigenvalue weighted by Gasteiger charge is 2.22. The number of hydrogen-bond acceptors (Lipinski definition) is 6. The van der Waals surface area contributed by atoms with Gasteiger partial charge in [0.1, 0.15) is 11.6 Å². The number of nitrogens with one attached hydrogen (secondary N) is 2. The van der Waals surface area contributed by atoms with Crippen molar-refractivity contribution in [1.29, 1.82) is 0 Å². The average molecular weight is 406 g/mol. The molecule has 6 heteroatoms. The molecular weight excluding hydrogens is 374 g/mol. The lowest BCUT2D eigenvalue weighted by atomic mass is 9.86. The van der Waals surface area contributed by atoms with E-state index in [9.17, 15) is 0 Å². The van der Waals surface area contributed by atoms with Gasteiger partial charge in [0.05, 0.1) is 11.8 Å². The Morgan fingerprint density at radius 2 is 1.90 bits per heavy atom. The highest BCUT2D eigenvalue weighted by molar-refractivity contribution is 5.90. The van der Waals surface area contributed by atoms with Gasteiger partial charge in [-0.2, -0.15) is 4.98 Å². The fraction of sp³-hybridized carbons (Fsp3) is 0.417. The fourth-order valence-electron chi connectivity index (χ4n) is 4.09. The van der Waals surface area contributed by atoms with Crippen LogP contribution in [-0.4, -0.2) is 43.2 Å². The molecule has 1 aliphatic rings. The molecule has 6 nitrogen and oxygen atoms in total. The predicted octanol–water partition coefficient (Wildman–Crippen LogP) is 4.56. The molecule has 0 bridgehead atoms. The third-order valence-electron chi connectivity index (χ3n) is 5.71. The molecule has 3 aromatic rings. The number of fused-ring (bicyclic) bond motifs is 1. The first kappa shape index (κ1) is 20.4. The molecule has 30 heavy (non-hydrogen) atoms. The second kappa shape index (κ2) is 9.76. The molecule has 0 unspecified atom stereocenters. The molecular formula is C24H31N5O.